The number of carboxylic acids is 1. The van der Waals surface area contributed by atoms with E-state index in [0.717, 1.165) is 25.7 Å². The molecule has 0 aliphatic heterocycles. The topological polar surface area (TPSA) is 87.5 Å². The molecule has 1 heterocycles. The number of aliphatic carboxylic acids is 1. The lowest BCUT2D eigenvalue weighted by molar-refractivity contribution is -0.138. The average molecular weight is 266 g/mol. The second kappa shape index (κ2) is 5.73. The van der Waals surface area contributed by atoms with Crippen LogP contribution in [0.1, 0.15) is 25.7 Å². The number of hydrogen-bond donors (Lipinski definition) is 2. The first-order valence-corrected chi connectivity index (χ1v) is 6.34. The highest BCUT2D eigenvalue weighted by molar-refractivity contribution is 5.91. The molecule has 1 saturated carbocycles. The van der Waals surface area contributed by atoms with Gasteiger partial charge in [0, 0.05) is 19.3 Å². The minimum Gasteiger partial charge on any atom is -0.480 e. The zero-order valence-corrected chi connectivity index (χ0v) is 10.9. The van der Waals surface area contributed by atoms with Gasteiger partial charge in [-0.15, -0.1) is 0 Å². The van der Waals surface area contributed by atoms with E-state index in [-0.39, 0.29) is 18.6 Å². The maximum atomic E-state index is 12.2. The van der Waals surface area contributed by atoms with Crippen LogP contribution in [0.5, 0.6) is 0 Å². The Morgan fingerprint density at radius 2 is 2.21 bits per heavy atom. The number of rotatable bonds is 4. The highest BCUT2D eigenvalue weighted by Crippen LogP contribution is 2.24. The van der Waals surface area contributed by atoms with Crippen molar-refractivity contribution in [2.45, 2.75) is 31.7 Å². The van der Waals surface area contributed by atoms with Gasteiger partial charge in [-0.25, -0.2) is 4.79 Å². The van der Waals surface area contributed by atoms with Crippen molar-refractivity contribution in [3.63, 3.8) is 0 Å². The van der Waals surface area contributed by atoms with Gasteiger partial charge < -0.3 is 15.3 Å². The Bertz CT molecular complexity index is 465. The monoisotopic (exact) mass is 266 g/mol. The van der Waals surface area contributed by atoms with Crippen molar-refractivity contribution < 1.29 is 14.7 Å². The lowest BCUT2D eigenvalue weighted by Gasteiger charge is -2.27. The summed E-state index contributed by atoms with van der Waals surface area (Å²) >= 11 is 0. The van der Waals surface area contributed by atoms with Gasteiger partial charge in [-0.3, -0.25) is 9.48 Å². The maximum absolute atomic E-state index is 12.2. The number of aryl methyl sites for hydroxylation is 1. The third-order valence-electron chi connectivity index (χ3n) is 3.29. The number of carbonyl (C=O) groups excluding carboxylic acids is 1. The molecule has 104 valence electrons. The number of aromatic nitrogens is 2. The van der Waals surface area contributed by atoms with Crippen LogP contribution in [0.2, 0.25) is 0 Å². The van der Waals surface area contributed by atoms with Crippen LogP contribution in [0.25, 0.3) is 0 Å². The molecule has 1 aliphatic rings. The molecule has 2 rings (SSSR count). The van der Waals surface area contributed by atoms with Gasteiger partial charge in [0.2, 0.25) is 0 Å². The predicted molar refractivity (Wildman–Crippen MR) is 68.8 cm³/mol. The van der Waals surface area contributed by atoms with Crippen LogP contribution in [0.4, 0.5) is 10.5 Å². The Labute approximate surface area is 111 Å². The summed E-state index contributed by atoms with van der Waals surface area (Å²) in [5.74, 6) is -0.992. The molecule has 0 atom stereocenters. The minimum atomic E-state index is -0.992. The van der Waals surface area contributed by atoms with Crippen molar-refractivity contribution >= 4 is 17.7 Å². The second-order valence-electron chi connectivity index (χ2n) is 4.79. The first kappa shape index (κ1) is 13.4. The number of amides is 2. The Kier molecular flexibility index (Phi) is 4.03. The number of hydrogen-bond acceptors (Lipinski definition) is 3. The number of urea groups is 1. The fraction of sp³-hybridized carbons (Fsp3) is 0.583. The van der Waals surface area contributed by atoms with E-state index in [1.165, 1.54) is 11.1 Å². The van der Waals surface area contributed by atoms with Crippen molar-refractivity contribution in [3.8, 4) is 0 Å². The molecule has 0 spiro atoms. The van der Waals surface area contributed by atoms with Gasteiger partial charge in [-0.2, -0.15) is 5.10 Å². The summed E-state index contributed by atoms with van der Waals surface area (Å²) in [7, 11) is 1.75. The third kappa shape index (κ3) is 3.46. The minimum absolute atomic E-state index is 0.0211. The molecule has 1 aromatic heterocycles. The van der Waals surface area contributed by atoms with Gasteiger partial charge in [0.15, 0.2) is 0 Å². The van der Waals surface area contributed by atoms with E-state index in [9.17, 15) is 9.59 Å². The summed E-state index contributed by atoms with van der Waals surface area (Å²) in [6, 6.07) is -0.352. The molecule has 1 fully saturated rings. The van der Waals surface area contributed by atoms with E-state index >= 15 is 0 Å². The third-order valence-corrected chi connectivity index (χ3v) is 3.29. The molecule has 1 aliphatic carbocycles. The summed E-state index contributed by atoms with van der Waals surface area (Å²) in [6.07, 6.45) is 7.03. The molecular weight excluding hydrogens is 248 g/mol. The fourth-order valence-electron chi connectivity index (χ4n) is 2.41. The van der Waals surface area contributed by atoms with Crippen LogP contribution in [0.15, 0.2) is 12.4 Å². The maximum Gasteiger partial charge on any atom is 0.323 e. The van der Waals surface area contributed by atoms with Crippen molar-refractivity contribution in [1.82, 2.24) is 14.7 Å². The number of nitrogens with one attached hydrogen (secondary N) is 1. The first-order valence-electron chi connectivity index (χ1n) is 6.34. The average Bonchev–Trinajstić information content (AvgIpc) is 2.97. The van der Waals surface area contributed by atoms with Crippen LogP contribution in [0, 0.1) is 0 Å². The highest BCUT2D eigenvalue weighted by Gasteiger charge is 2.28. The zero-order chi connectivity index (χ0) is 13.8. The van der Waals surface area contributed by atoms with Gasteiger partial charge in [0.1, 0.15) is 6.54 Å². The van der Waals surface area contributed by atoms with Gasteiger partial charge >= 0.3 is 12.0 Å². The lowest BCUT2D eigenvalue weighted by atomic mass is 10.2. The Hall–Kier alpha value is -2.05. The van der Waals surface area contributed by atoms with E-state index in [1.54, 1.807) is 17.9 Å². The quantitative estimate of drug-likeness (QED) is 0.859. The van der Waals surface area contributed by atoms with Crippen LogP contribution in [-0.4, -0.2) is 44.4 Å². The standard InChI is InChI=1S/C12H18N4O3/c1-15-7-9(6-13-15)14-12(19)16(8-11(17)18)10-4-2-3-5-10/h6-7,10H,2-5,8H2,1H3,(H,14,19)(H,17,18). The number of anilines is 1. The summed E-state index contributed by atoms with van der Waals surface area (Å²) in [5.41, 5.74) is 0.570. The summed E-state index contributed by atoms with van der Waals surface area (Å²) in [5, 5.41) is 15.6. The molecule has 0 unspecified atom stereocenters. The molecule has 0 saturated heterocycles. The van der Waals surface area contributed by atoms with E-state index < -0.39 is 5.97 Å². The van der Waals surface area contributed by atoms with E-state index in [1.807, 2.05) is 0 Å². The number of nitrogens with zero attached hydrogens (tertiary/aromatic N) is 3. The predicted octanol–water partition coefficient (Wildman–Crippen LogP) is 1.28. The second-order valence-corrected chi connectivity index (χ2v) is 4.79. The fourth-order valence-corrected chi connectivity index (χ4v) is 2.41. The molecule has 2 amide bonds. The van der Waals surface area contributed by atoms with Crippen molar-refractivity contribution in [2.24, 2.45) is 7.05 Å². The van der Waals surface area contributed by atoms with Crippen LogP contribution < -0.4 is 5.32 Å². The van der Waals surface area contributed by atoms with E-state index in [2.05, 4.69) is 10.4 Å². The number of carboxylic acid groups (broad SMARTS) is 1. The SMILES string of the molecule is Cn1cc(NC(=O)N(CC(=O)O)C2CCCC2)cn1. The summed E-state index contributed by atoms with van der Waals surface area (Å²) in [4.78, 5) is 24.5. The Balaban J connectivity index is 2.04. The van der Waals surface area contributed by atoms with Gasteiger partial charge in [-0.1, -0.05) is 12.8 Å². The molecule has 1 aromatic rings. The van der Waals surface area contributed by atoms with Crippen molar-refractivity contribution in [2.75, 3.05) is 11.9 Å². The van der Waals surface area contributed by atoms with Crippen molar-refractivity contribution in [3.05, 3.63) is 12.4 Å². The Morgan fingerprint density at radius 3 is 2.74 bits per heavy atom. The molecule has 7 heteroatoms. The normalized spacial score (nSPS) is 15.4. The molecule has 19 heavy (non-hydrogen) atoms. The van der Waals surface area contributed by atoms with Gasteiger partial charge in [-0.05, 0) is 12.8 Å². The molecule has 0 aromatic carbocycles. The van der Waals surface area contributed by atoms with E-state index in [0.29, 0.717) is 5.69 Å². The molecule has 0 radical (unpaired) electrons. The lowest BCUT2D eigenvalue weighted by Crippen LogP contribution is -2.44. The number of carbonyl (C=O) groups is 2. The zero-order valence-electron chi connectivity index (χ0n) is 10.9. The van der Waals surface area contributed by atoms with Crippen LogP contribution in [0.3, 0.4) is 0 Å². The summed E-state index contributed by atoms with van der Waals surface area (Å²) < 4.78 is 1.58. The molecular formula is C12H18N4O3. The molecule has 7 nitrogen and oxygen atoms in total. The molecule has 2 N–H and O–H groups in total. The van der Waals surface area contributed by atoms with Crippen LogP contribution >= 0.6 is 0 Å². The van der Waals surface area contributed by atoms with E-state index in [4.69, 9.17) is 5.11 Å². The largest absolute Gasteiger partial charge is 0.480 e. The Morgan fingerprint density at radius 1 is 1.53 bits per heavy atom. The van der Waals surface area contributed by atoms with Crippen LogP contribution in [-0.2, 0) is 11.8 Å². The smallest absolute Gasteiger partial charge is 0.323 e. The molecule has 0 bridgehead atoms. The van der Waals surface area contributed by atoms with Gasteiger partial charge in [0.25, 0.3) is 0 Å². The highest BCUT2D eigenvalue weighted by atomic mass is 16.4. The summed E-state index contributed by atoms with van der Waals surface area (Å²) in [6.45, 7) is -0.267. The first-order chi connectivity index (χ1) is 9.06. The van der Waals surface area contributed by atoms with Gasteiger partial charge in [0.05, 0.1) is 11.9 Å². The van der Waals surface area contributed by atoms with Crippen molar-refractivity contribution in [1.29, 1.82) is 0 Å².